The van der Waals surface area contributed by atoms with Crippen molar-refractivity contribution in [3.05, 3.63) is 17.5 Å². The average molecular weight is 280 g/mol. The van der Waals surface area contributed by atoms with Crippen molar-refractivity contribution in [2.45, 2.75) is 38.8 Å². The summed E-state index contributed by atoms with van der Waals surface area (Å²) in [6, 6.07) is 0. The highest BCUT2D eigenvalue weighted by Crippen LogP contribution is 2.20. The minimum Gasteiger partial charge on any atom is -0.381 e. The number of rotatable bonds is 5. The van der Waals surface area contributed by atoms with Crippen molar-refractivity contribution < 1.29 is 14.0 Å². The van der Waals surface area contributed by atoms with Crippen LogP contribution in [0.15, 0.2) is 10.7 Å². The van der Waals surface area contributed by atoms with Crippen molar-refractivity contribution in [1.82, 2.24) is 10.1 Å². The zero-order valence-corrected chi connectivity index (χ0v) is 12.2. The predicted molar refractivity (Wildman–Crippen MR) is 74.4 cm³/mol. The topological polar surface area (TPSA) is 47.7 Å². The van der Waals surface area contributed by atoms with Gasteiger partial charge in [-0.3, -0.25) is 4.90 Å². The third-order valence-electron chi connectivity index (χ3n) is 4.37. The van der Waals surface area contributed by atoms with Gasteiger partial charge in [0.2, 0.25) is 0 Å². The molecule has 5 heteroatoms. The lowest BCUT2D eigenvalue weighted by atomic mass is 10.1. The summed E-state index contributed by atoms with van der Waals surface area (Å²) >= 11 is 0. The quantitative estimate of drug-likeness (QED) is 0.825. The molecule has 2 saturated heterocycles. The van der Waals surface area contributed by atoms with Gasteiger partial charge >= 0.3 is 0 Å². The van der Waals surface area contributed by atoms with Gasteiger partial charge in [0.1, 0.15) is 5.76 Å². The molecule has 20 heavy (non-hydrogen) atoms. The van der Waals surface area contributed by atoms with Gasteiger partial charge < -0.3 is 14.0 Å². The molecule has 0 amide bonds. The van der Waals surface area contributed by atoms with E-state index in [2.05, 4.69) is 10.1 Å². The summed E-state index contributed by atoms with van der Waals surface area (Å²) in [6.07, 6.45) is 5.66. The molecule has 0 radical (unpaired) electrons. The molecule has 112 valence electrons. The Labute approximate surface area is 120 Å². The molecule has 0 aliphatic carbocycles. The molecule has 1 unspecified atom stereocenters. The van der Waals surface area contributed by atoms with Crippen LogP contribution in [0, 0.1) is 12.8 Å². The van der Waals surface area contributed by atoms with Gasteiger partial charge in [0.25, 0.3) is 0 Å². The molecule has 5 nitrogen and oxygen atoms in total. The van der Waals surface area contributed by atoms with E-state index in [1.807, 2.05) is 13.1 Å². The fourth-order valence-electron chi connectivity index (χ4n) is 2.93. The number of piperidine rings is 1. The Bertz CT molecular complexity index is 407. The smallest absolute Gasteiger partial charge is 0.138 e. The highest BCUT2D eigenvalue weighted by molar-refractivity contribution is 5.11. The minimum atomic E-state index is 0.426. The Balaban J connectivity index is 1.37. The standard InChI is InChI=1S/C15H24N2O3/c1-12-14(8-16-20-12)9-17-5-2-15(3-6-17)19-11-13-4-7-18-10-13/h8,13,15H,2-7,9-11H2,1H3. The first-order valence-electron chi connectivity index (χ1n) is 7.63. The first-order valence-corrected chi connectivity index (χ1v) is 7.63. The third-order valence-corrected chi connectivity index (χ3v) is 4.37. The van der Waals surface area contributed by atoms with Crippen LogP contribution in [0.3, 0.4) is 0 Å². The molecule has 0 saturated carbocycles. The molecular formula is C15H24N2O3. The summed E-state index contributed by atoms with van der Waals surface area (Å²) in [5.41, 5.74) is 1.20. The zero-order chi connectivity index (χ0) is 13.8. The number of aromatic nitrogens is 1. The Morgan fingerprint density at radius 2 is 2.20 bits per heavy atom. The molecule has 1 aromatic rings. The van der Waals surface area contributed by atoms with Crippen LogP contribution in [0.2, 0.25) is 0 Å². The van der Waals surface area contributed by atoms with Gasteiger partial charge in [0.05, 0.1) is 25.5 Å². The lowest BCUT2D eigenvalue weighted by molar-refractivity contribution is -0.0117. The van der Waals surface area contributed by atoms with E-state index in [9.17, 15) is 0 Å². The van der Waals surface area contributed by atoms with Crippen LogP contribution in [-0.2, 0) is 16.0 Å². The maximum Gasteiger partial charge on any atom is 0.138 e. The van der Waals surface area contributed by atoms with Crippen LogP contribution in [0.25, 0.3) is 0 Å². The van der Waals surface area contributed by atoms with Gasteiger partial charge in [-0.1, -0.05) is 5.16 Å². The number of hydrogen-bond donors (Lipinski definition) is 0. The van der Waals surface area contributed by atoms with E-state index in [0.717, 1.165) is 64.5 Å². The second-order valence-corrected chi connectivity index (χ2v) is 5.95. The second kappa shape index (κ2) is 6.70. The predicted octanol–water partition coefficient (Wildman–Crippen LogP) is 2.00. The lowest BCUT2D eigenvalue weighted by Crippen LogP contribution is -2.37. The average Bonchev–Trinajstić information content (AvgIpc) is 3.11. The largest absolute Gasteiger partial charge is 0.381 e. The van der Waals surface area contributed by atoms with Crippen LogP contribution in [0.5, 0.6) is 0 Å². The van der Waals surface area contributed by atoms with Gasteiger partial charge in [-0.05, 0) is 26.2 Å². The Hall–Kier alpha value is -0.910. The van der Waals surface area contributed by atoms with Crippen molar-refractivity contribution in [3.63, 3.8) is 0 Å². The van der Waals surface area contributed by atoms with Gasteiger partial charge in [0, 0.05) is 37.7 Å². The fourth-order valence-corrected chi connectivity index (χ4v) is 2.93. The monoisotopic (exact) mass is 280 g/mol. The highest BCUT2D eigenvalue weighted by atomic mass is 16.5. The van der Waals surface area contributed by atoms with Crippen molar-refractivity contribution in [2.75, 3.05) is 32.9 Å². The minimum absolute atomic E-state index is 0.426. The van der Waals surface area contributed by atoms with Gasteiger partial charge in [-0.15, -0.1) is 0 Å². The van der Waals surface area contributed by atoms with Crippen LogP contribution in [0.1, 0.15) is 30.6 Å². The van der Waals surface area contributed by atoms with E-state index in [0.29, 0.717) is 12.0 Å². The number of likely N-dealkylation sites (tertiary alicyclic amines) is 1. The molecule has 0 bridgehead atoms. The van der Waals surface area contributed by atoms with Gasteiger partial charge in [0.15, 0.2) is 0 Å². The van der Waals surface area contributed by atoms with E-state index >= 15 is 0 Å². The normalized spacial score (nSPS) is 25.4. The van der Waals surface area contributed by atoms with E-state index in [1.165, 1.54) is 5.56 Å². The first kappa shape index (κ1) is 14.0. The van der Waals surface area contributed by atoms with E-state index in [4.69, 9.17) is 14.0 Å². The van der Waals surface area contributed by atoms with Crippen LogP contribution >= 0.6 is 0 Å². The van der Waals surface area contributed by atoms with Crippen molar-refractivity contribution in [3.8, 4) is 0 Å². The molecule has 1 atom stereocenters. The van der Waals surface area contributed by atoms with Crippen molar-refractivity contribution in [1.29, 1.82) is 0 Å². The van der Waals surface area contributed by atoms with Gasteiger partial charge in [-0.25, -0.2) is 0 Å². The van der Waals surface area contributed by atoms with Crippen LogP contribution in [-0.4, -0.2) is 49.1 Å². The Morgan fingerprint density at radius 1 is 1.35 bits per heavy atom. The molecule has 1 aromatic heterocycles. The number of hydrogen-bond acceptors (Lipinski definition) is 5. The highest BCUT2D eigenvalue weighted by Gasteiger charge is 2.23. The van der Waals surface area contributed by atoms with E-state index in [-0.39, 0.29) is 0 Å². The van der Waals surface area contributed by atoms with Crippen molar-refractivity contribution in [2.24, 2.45) is 5.92 Å². The summed E-state index contributed by atoms with van der Waals surface area (Å²) in [6.45, 7) is 7.76. The summed E-state index contributed by atoms with van der Waals surface area (Å²) < 4.78 is 16.5. The maximum atomic E-state index is 6.04. The zero-order valence-electron chi connectivity index (χ0n) is 12.2. The second-order valence-electron chi connectivity index (χ2n) is 5.95. The third kappa shape index (κ3) is 3.59. The molecule has 2 aliphatic rings. The molecule has 2 fully saturated rings. The molecule has 0 aromatic carbocycles. The summed E-state index contributed by atoms with van der Waals surface area (Å²) in [7, 11) is 0. The number of nitrogens with zero attached hydrogens (tertiary/aromatic N) is 2. The first-order chi connectivity index (χ1) is 9.81. The SMILES string of the molecule is Cc1oncc1CN1CCC(OCC2CCOC2)CC1. The van der Waals surface area contributed by atoms with Crippen molar-refractivity contribution >= 4 is 0 Å². The summed E-state index contributed by atoms with van der Waals surface area (Å²) in [5, 5.41) is 3.84. The molecule has 3 heterocycles. The maximum absolute atomic E-state index is 6.04. The lowest BCUT2D eigenvalue weighted by Gasteiger charge is -2.32. The summed E-state index contributed by atoms with van der Waals surface area (Å²) in [4.78, 5) is 2.46. The number of aryl methyl sites for hydroxylation is 1. The fraction of sp³-hybridized carbons (Fsp3) is 0.800. The molecule has 2 aliphatic heterocycles. The van der Waals surface area contributed by atoms with Crippen LogP contribution < -0.4 is 0 Å². The molecule has 0 N–H and O–H groups in total. The molecule has 0 spiro atoms. The van der Waals surface area contributed by atoms with E-state index < -0.39 is 0 Å². The number of ether oxygens (including phenoxy) is 2. The van der Waals surface area contributed by atoms with E-state index in [1.54, 1.807) is 0 Å². The van der Waals surface area contributed by atoms with Crippen LogP contribution in [0.4, 0.5) is 0 Å². The van der Waals surface area contributed by atoms with Gasteiger partial charge in [-0.2, -0.15) is 0 Å². The Kier molecular flexibility index (Phi) is 4.70. The Morgan fingerprint density at radius 3 is 2.85 bits per heavy atom. The summed E-state index contributed by atoms with van der Waals surface area (Å²) in [5.74, 6) is 1.55. The molecule has 3 rings (SSSR count). The molecular weight excluding hydrogens is 256 g/mol.